The lowest BCUT2D eigenvalue weighted by Gasteiger charge is -2.06. The van der Waals surface area contributed by atoms with Gasteiger partial charge >= 0.3 is 0 Å². The van der Waals surface area contributed by atoms with E-state index in [9.17, 15) is 0 Å². The van der Waals surface area contributed by atoms with Gasteiger partial charge in [-0.1, -0.05) is 29.3 Å². The molecule has 0 fully saturated rings. The highest BCUT2D eigenvalue weighted by Gasteiger charge is 2.17. The number of fused-ring (bicyclic) bond motifs is 1. The summed E-state index contributed by atoms with van der Waals surface area (Å²) in [6, 6.07) is 5.98. The van der Waals surface area contributed by atoms with E-state index in [4.69, 9.17) is 28.9 Å². The summed E-state index contributed by atoms with van der Waals surface area (Å²) in [5.41, 5.74) is 11.1. The number of nitrogens with one attached hydrogen (secondary N) is 1. The van der Waals surface area contributed by atoms with Crippen molar-refractivity contribution in [3.8, 4) is 11.3 Å². The number of pyridine rings is 1. The standard InChI is InChI=1S/C18H19Cl2N3/c1-11-15(19)6-5-13-12(4-2-3-8-21)18(23-17(11)13)14-7-9-22-10-16(14)20/h5-7,9-10,23H,2-4,8,21H2,1H3. The Morgan fingerprint density at radius 3 is 2.70 bits per heavy atom. The van der Waals surface area contributed by atoms with E-state index < -0.39 is 0 Å². The lowest BCUT2D eigenvalue weighted by Crippen LogP contribution is -1.99. The van der Waals surface area contributed by atoms with Crippen molar-refractivity contribution in [3.05, 3.63) is 51.8 Å². The quantitative estimate of drug-likeness (QED) is 0.628. The fourth-order valence-corrected chi connectivity index (χ4v) is 3.32. The van der Waals surface area contributed by atoms with Crippen LogP contribution in [0.15, 0.2) is 30.6 Å². The maximum atomic E-state index is 6.36. The number of H-pyrrole nitrogens is 1. The Morgan fingerprint density at radius 1 is 1.13 bits per heavy atom. The van der Waals surface area contributed by atoms with E-state index in [-0.39, 0.29) is 0 Å². The van der Waals surface area contributed by atoms with Crippen LogP contribution in [0, 0.1) is 6.92 Å². The van der Waals surface area contributed by atoms with Crippen molar-refractivity contribution in [2.45, 2.75) is 26.2 Å². The van der Waals surface area contributed by atoms with Crippen LogP contribution in [0.3, 0.4) is 0 Å². The van der Waals surface area contributed by atoms with Crippen LogP contribution in [0.5, 0.6) is 0 Å². The van der Waals surface area contributed by atoms with E-state index in [2.05, 4.69) is 16.0 Å². The van der Waals surface area contributed by atoms with Crippen LogP contribution in [-0.2, 0) is 6.42 Å². The second-order valence-corrected chi connectivity index (χ2v) is 6.49. The highest BCUT2D eigenvalue weighted by atomic mass is 35.5. The molecule has 23 heavy (non-hydrogen) atoms. The first-order chi connectivity index (χ1) is 11.1. The molecule has 1 aromatic carbocycles. The molecular formula is C18H19Cl2N3. The molecule has 3 aromatic rings. The van der Waals surface area contributed by atoms with Gasteiger partial charge in [0.25, 0.3) is 0 Å². The molecule has 0 unspecified atom stereocenters. The van der Waals surface area contributed by atoms with Gasteiger partial charge < -0.3 is 10.7 Å². The molecule has 0 radical (unpaired) electrons. The molecule has 0 aliphatic heterocycles. The Labute approximate surface area is 145 Å². The van der Waals surface area contributed by atoms with Gasteiger partial charge in [-0.05, 0) is 56.0 Å². The molecule has 0 aliphatic carbocycles. The van der Waals surface area contributed by atoms with Crippen LogP contribution >= 0.6 is 23.2 Å². The van der Waals surface area contributed by atoms with E-state index >= 15 is 0 Å². The Bertz CT molecular complexity index is 840. The SMILES string of the molecule is Cc1c(Cl)ccc2c(CCCCN)c(-c3ccncc3Cl)[nH]c12. The zero-order valence-corrected chi connectivity index (χ0v) is 14.5. The summed E-state index contributed by atoms with van der Waals surface area (Å²) >= 11 is 12.6. The number of unbranched alkanes of at least 4 members (excludes halogenated alkanes) is 1. The number of benzene rings is 1. The van der Waals surface area contributed by atoms with Gasteiger partial charge in [0.05, 0.1) is 16.2 Å². The molecule has 0 amide bonds. The largest absolute Gasteiger partial charge is 0.354 e. The number of hydrogen-bond donors (Lipinski definition) is 2. The summed E-state index contributed by atoms with van der Waals surface area (Å²) < 4.78 is 0. The molecule has 5 heteroatoms. The van der Waals surface area contributed by atoms with Gasteiger partial charge in [0, 0.05) is 28.4 Å². The molecule has 0 atom stereocenters. The summed E-state index contributed by atoms with van der Waals surface area (Å²) in [6.07, 6.45) is 6.43. The highest BCUT2D eigenvalue weighted by Crippen LogP contribution is 2.37. The van der Waals surface area contributed by atoms with Crippen LogP contribution in [0.1, 0.15) is 24.0 Å². The minimum absolute atomic E-state index is 0.642. The van der Waals surface area contributed by atoms with Crippen molar-refractivity contribution >= 4 is 34.1 Å². The minimum Gasteiger partial charge on any atom is -0.354 e. The summed E-state index contributed by atoms with van der Waals surface area (Å²) in [5, 5.41) is 2.61. The van der Waals surface area contributed by atoms with Crippen molar-refractivity contribution in [1.29, 1.82) is 0 Å². The first-order valence-electron chi connectivity index (χ1n) is 7.73. The highest BCUT2D eigenvalue weighted by molar-refractivity contribution is 6.33. The number of aromatic amines is 1. The van der Waals surface area contributed by atoms with Crippen molar-refractivity contribution in [3.63, 3.8) is 0 Å². The van der Waals surface area contributed by atoms with Crippen molar-refractivity contribution in [1.82, 2.24) is 9.97 Å². The van der Waals surface area contributed by atoms with E-state index in [0.29, 0.717) is 11.6 Å². The third-order valence-corrected chi connectivity index (χ3v) is 4.91. The summed E-state index contributed by atoms with van der Waals surface area (Å²) in [5.74, 6) is 0. The molecule has 0 saturated carbocycles. The normalized spacial score (nSPS) is 11.3. The average molecular weight is 348 g/mol. The number of hydrogen-bond acceptors (Lipinski definition) is 2. The van der Waals surface area contributed by atoms with Gasteiger partial charge in [-0.3, -0.25) is 4.98 Å². The molecular weight excluding hydrogens is 329 g/mol. The average Bonchev–Trinajstić information content (AvgIpc) is 2.91. The Morgan fingerprint density at radius 2 is 1.96 bits per heavy atom. The van der Waals surface area contributed by atoms with E-state index in [1.165, 1.54) is 10.9 Å². The zero-order chi connectivity index (χ0) is 16.4. The molecule has 0 bridgehead atoms. The van der Waals surface area contributed by atoms with Crippen molar-refractivity contribution < 1.29 is 0 Å². The lowest BCUT2D eigenvalue weighted by atomic mass is 10.00. The van der Waals surface area contributed by atoms with E-state index in [1.54, 1.807) is 12.4 Å². The van der Waals surface area contributed by atoms with Gasteiger partial charge in [-0.25, -0.2) is 0 Å². The van der Waals surface area contributed by atoms with Crippen molar-refractivity contribution in [2.75, 3.05) is 6.54 Å². The second kappa shape index (κ2) is 6.91. The van der Waals surface area contributed by atoms with Gasteiger partial charge in [0.1, 0.15) is 0 Å². The Hall–Kier alpha value is -1.55. The van der Waals surface area contributed by atoms with Crippen LogP contribution in [0.4, 0.5) is 0 Å². The third-order valence-electron chi connectivity index (χ3n) is 4.20. The van der Waals surface area contributed by atoms with Crippen molar-refractivity contribution in [2.24, 2.45) is 5.73 Å². The maximum Gasteiger partial charge on any atom is 0.0682 e. The van der Waals surface area contributed by atoms with Gasteiger partial charge in [0.15, 0.2) is 0 Å². The predicted molar refractivity (Wildman–Crippen MR) is 98.3 cm³/mol. The number of aromatic nitrogens is 2. The van der Waals surface area contributed by atoms with Crippen LogP contribution in [-0.4, -0.2) is 16.5 Å². The van der Waals surface area contributed by atoms with Gasteiger partial charge in [-0.2, -0.15) is 0 Å². The lowest BCUT2D eigenvalue weighted by molar-refractivity contribution is 0.748. The molecule has 0 spiro atoms. The van der Waals surface area contributed by atoms with E-state index in [0.717, 1.165) is 46.6 Å². The summed E-state index contributed by atoms with van der Waals surface area (Å²) in [6.45, 7) is 2.74. The molecule has 0 saturated heterocycles. The zero-order valence-electron chi connectivity index (χ0n) is 13.0. The molecule has 0 aliphatic rings. The third kappa shape index (κ3) is 3.09. The number of nitrogens with two attached hydrogens (primary N) is 1. The van der Waals surface area contributed by atoms with Gasteiger partial charge in [0.2, 0.25) is 0 Å². The molecule has 3 N–H and O–H groups in total. The first-order valence-corrected chi connectivity index (χ1v) is 8.48. The van der Waals surface area contributed by atoms with Crippen LogP contribution in [0.2, 0.25) is 10.0 Å². The number of nitrogens with zero attached hydrogens (tertiary/aromatic N) is 1. The Balaban J connectivity index is 2.21. The summed E-state index contributed by atoms with van der Waals surface area (Å²) in [7, 11) is 0. The van der Waals surface area contributed by atoms with E-state index in [1.807, 2.05) is 19.1 Å². The fraction of sp³-hybridized carbons (Fsp3) is 0.278. The second-order valence-electron chi connectivity index (χ2n) is 5.67. The molecule has 120 valence electrons. The predicted octanol–water partition coefficient (Wildman–Crippen LogP) is 5.13. The molecule has 3 rings (SSSR count). The topological polar surface area (TPSA) is 54.7 Å². The van der Waals surface area contributed by atoms with Crippen LogP contribution in [0.25, 0.3) is 22.2 Å². The molecule has 3 nitrogen and oxygen atoms in total. The molecule has 2 aromatic heterocycles. The number of halogens is 2. The smallest absolute Gasteiger partial charge is 0.0682 e. The minimum atomic E-state index is 0.642. The molecule has 2 heterocycles. The van der Waals surface area contributed by atoms with Crippen LogP contribution < -0.4 is 5.73 Å². The Kier molecular flexibility index (Phi) is 4.90. The number of aryl methyl sites for hydroxylation is 2. The number of rotatable bonds is 5. The van der Waals surface area contributed by atoms with Gasteiger partial charge in [-0.15, -0.1) is 0 Å². The first kappa shape index (κ1) is 16.3. The fourth-order valence-electron chi connectivity index (χ4n) is 2.95. The maximum absolute atomic E-state index is 6.36. The monoisotopic (exact) mass is 347 g/mol. The summed E-state index contributed by atoms with van der Waals surface area (Å²) in [4.78, 5) is 7.61.